The van der Waals surface area contributed by atoms with Crippen molar-refractivity contribution in [3.8, 4) is 0 Å². The lowest BCUT2D eigenvalue weighted by Crippen LogP contribution is -2.12. The maximum atomic E-state index is 12.0. The number of nitrogens with zero attached hydrogens (tertiary/aromatic N) is 2. The first-order chi connectivity index (χ1) is 9.49. The summed E-state index contributed by atoms with van der Waals surface area (Å²) in [7, 11) is 1.86. The van der Waals surface area contributed by atoms with Crippen LogP contribution in [0.2, 0.25) is 0 Å². The quantitative estimate of drug-likeness (QED) is 0.683. The Balaban J connectivity index is 1.99. The number of aromatic nitrogens is 2. The molecule has 0 atom stereocenters. The zero-order valence-electron chi connectivity index (χ0n) is 12.0. The number of hydrogen-bond acceptors (Lipinski definition) is 4. The van der Waals surface area contributed by atoms with Crippen LogP contribution in [-0.2, 0) is 18.2 Å². The zero-order valence-corrected chi connectivity index (χ0v) is 12.0. The lowest BCUT2D eigenvalue weighted by molar-refractivity contribution is 0.0507. The third kappa shape index (κ3) is 2.99. The summed E-state index contributed by atoms with van der Waals surface area (Å²) in [6.45, 7) is 4.12. The van der Waals surface area contributed by atoms with Gasteiger partial charge in [0.15, 0.2) is 0 Å². The lowest BCUT2D eigenvalue weighted by Gasteiger charge is -2.10. The van der Waals surface area contributed by atoms with Gasteiger partial charge in [0.25, 0.3) is 0 Å². The molecule has 5 nitrogen and oxygen atoms in total. The van der Waals surface area contributed by atoms with E-state index in [0.29, 0.717) is 24.3 Å². The number of nitrogens with two attached hydrogens (primary N) is 1. The van der Waals surface area contributed by atoms with E-state index in [1.807, 2.05) is 33.0 Å². The van der Waals surface area contributed by atoms with Crippen molar-refractivity contribution in [3.63, 3.8) is 0 Å². The van der Waals surface area contributed by atoms with E-state index < -0.39 is 0 Å². The van der Waals surface area contributed by atoms with E-state index >= 15 is 0 Å². The van der Waals surface area contributed by atoms with Gasteiger partial charge in [-0.2, -0.15) is 5.10 Å². The average molecular weight is 273 g/mol. The van der Waals surface area contributed by atoms with Crippen LogP contribution in [0.15, 0.2) is 24.4 Å². The molecule has 0 aliphatic heterocycles. The van der Waals surface area contributed by atoms with Crippen molar-refractivity contribution < 1.29 is 9.53 Å². The minimum absolute atomic E-state index is 0.325. The van der Waals surface area contributed by atoms with E-state index in [2.05, 4.69) is 5.10 Å². The number of ether oxygens (including phenoxy) is 1. The Hall–Kier alpha value is -2.30. The maximum absolute atomic E-state index is 12.0. The van der Waals surface area contributed by atoms with Crippen molar-refractivity contribution in [2.45, 2.75) is 20.3 Å². The third-order valence-corrected chi connectivity index (χ3v) is 3.35. The largest absolute Gasteiger partial charge is 0.462 e. The van der Waals surface area contributed by atoms with Gasteiger partial charge in [-0.25, -0.2) is 4.79 Å². The summed E-state index contributed by atoms with van der Waals surface area (Å²) in [4.78, 5) is 12.0. The highest BCUT2D eigenvalue weighted by molar-refractivity contribution is 5.92. The fourth-order valence-corrected chi connectivity index (χ4v) is 2.06. The second kappa shape index (κ2) is 5.77. The summed E-state index contributed by atoms with van der Waals surface area (Å²) in [6.07, 6.45) is 2.37. The van der Waals surface area contributed by atoms with Crippen molar-refractivity contribution in [3.05, 3.63) is 46.8 Å². The molecule has 2 N–H and O–H groups in total. The first kappa shape index (κ1) is 14.1. The summed E-state index contributed by atoms with van der Waals surface area (Å²) >= 11 is 0. The highest BCUT2D eigenvalue weighted by Crippen LogP contribution is 2.18. The normalized spacial score (nSPS) is 10.6. The molecule has 0 aliphatic carbocycles. The van der Waals surface area contributed by atoms with E-state index in [1.54, 1.807) is 16.9 Å². The van der Waals surface area contributed by atoms with Gasteiger partial charge in [-0.3, -0.25) is 4.68 Å². The molecule has 0 aliphatic rings. The zero-order chi connectivity index (χ0) is 14.7. The first-order valence-corrected chi connectivity index (χ1v) is 6.49. The molecule has 2 rings (SSSR count). The van der Waals surface area contributed by atoms with E-state index in [1.165, 1.54) is 0 Å². The van der Waals surface area contributed by atoms with Crippen molar-refractivity contribution >= 4 is 11.7 Å². The molecule has 20 heavy (non-hydrogen) atoms. The summed E-state index contributed by atoms with van der Waals surface area (Å²) in [6, 6.07) is 5.48. The van der Waals surface area contributed by atoms with Gasteiger partial charge < -0.3 is 10.5 Å². The standard InChI is InChI=1S/C15H19N3O2/c1-10-8-11(2)14(16)9-13(10)15(19)20-7-5-12-4-6-17-18(12)3/h4,6,8-9H,5,7,16H2,1-3H3. The number of carbonyl (C=O) groups excluding carboxylic acids is 1. The molecule has 0 saturated carbocycles. The Labute approximate surface area is 118 Å². The molecule has 2 aromatic rings. The minimum atomic E-state index is -0.337. The Morgan fingerprint density at radius 2 is 2.10 bits per heavy atom. The summed E-state index contributed by atoms with van der Waals surface area (Å²) < 4.78 is 7.06. The molecule has 1 aromatic heterocycles. The van der Waals surface area contributed by atoms with Crippen molar-refractivity contribution in [2.75, 3.05) is 12.3 Å². The SMILES string of the molecule is Cc1cc(C)c(C(=O)OCCc2ccnn2C)cc1N. The number of nitrogen functional groups attached to an aromatic ring is 1. The van der Waals surface area contributed by atoms with Gasteiger partial charge in [-0.1, -0.05) is 6.07 Å². The topological polar surface area (TPSA) is 70.1 Å². The van der Waals surface area contributed by atoms with Crippen LogP contribution in [-0.4, -0.2) is 22.4 Å². The molecule has 0 saturated heterocycles. The molecule has 0 amide bonds. The molecule has 0 spiro atoms. The van der Waals surface area contributed by atoms with Gasteiger partial charge in [0.1, 0.15) is 0 Å². The number of aryl methyl sites for hydroxylation is 3. The minimum Gasteiger partial charge on any atom is -0.462 e. The van der Waals surface area contributed by atoms with Crippen LogP contribution in [0, 0.1) is 13.8 Å². The van der Waals surface area contributed by atoms with E-state index in [9.17, 15) is 4.79 Å². The van der Waals surface area contributed by atoms with Crippen molar-refractivity contribution in [1.29, 1.82) is 0 Å². The number of hydrogen-bond donors (Lipinski definition) is 1. The van der Waals surface area contributed by atoms with Gasteiger partial charge >= 0.3 is 5.97 Å². The number of benzene rings is 1. The summed E-state index contributed by atoms with van der Waals surface area (Å²) in [5, 5.41) is 4.07. The molecular weight excluding hydrogens is 254 g/mol. The lowest BCUT2D eigenvalue weighted by atomic mass is 10.0. The van der Waals surface area contributed by atoms with Crippen LogP contribution < -0.4 is 5.73 Å². The molecule has 0 fully saturated rings. The van der Waals surface area contributed by atoms with Crippen LogP contribution in [0.5, 0.6) is 0 Å². The van der Waals surface area contributed by atoms with Gasteiger partial charge in [-0.15, -0.1) is 0 Å². The Kier molecular flexibility index (Phi) is 4.08. The monoisotopic (exact) mass is 273 g/mol. The fraction of sp³-hybridized carbons (Fsp3) is 0.333. The van der Waals surface area contributed by atoms with Crippen LogP contribution >= 0.6 is 0 Å². The van der Waals surface area contributed by atoms with Crippen LogP contribution in [0.25, 0.3) is 0 Å². The smallest absolute Gasteiger partial charge is 0.338 e. The number of esters is 1. The van der Waals surface area contributed by atoms with E-state index in [-0.39, 0.29) is 5.97 Å². The number of anilines is 1. The van der Waals surface area contributed by atoms with Crippen LogP contribution in [0.1, 0.15) is 27.2 Å². The third-order valence-electron chi connectivity index (χ3n) is 3.35. The van der Waals surface area contributed by atoms with Gasteiger partial charge in [-0.05, 0) is 37.1 Å². The summed E-state index contributed by atoms with van der Waals surface area (Å²) in [5.74, 6) is -0.337. The molecule has 0 bridgehead atoms. The van der Waals surface area contributed by atoms with Crippen molar-refractivity contribution in [2.24, 2.45) is 7.05 Å². The molecular formula is C15H19N3O2. The summed E-state index contributed by atoms with van der Waals surface area (Å²) in [5.41, 5.74) is 9.83. The average Bonchev–Trinajstić information content (AvgIpc) is 2.79. The van der Waals surface area contributed by atoms with E-state index in [0.717, 1.165) is 16.8 Å². The predicted molar refractivity (Wildman–Crippen MR) is 77.5 cm³/mol. The van der Waals surface area contributed by atoms with Crippen LogP contribution in [0.4, 0.5) is 5.69 Å². The number of carbonyl (C=O) groups is 1. The molecule has 0 unspecified atom stereocenters. The highest BCUT2D eigenvalue weighted by Gasteiger charge is 2.12. The van der Waals surface area contributed by atoms with Crippen LogP contribution in [0.3, 0.4) is 0 Å². The Bertz CT molecular complexity index is 632. The number of rotatable bonds is 4. The Morgan fingerprint density at radius 3 is 2.75 bits per heavy atom. The molecule has 1 heterocycles. The first-order valence-electron chi connectivity index (χ1n) is 6.49. The fourth-order valence-electron chi connectivity index (χ4n) is 2.06. The molecule has 5 heteroatoms. The second-order valence-corrected chi connectivity index (χ2v) is 4.86. The van der Waals surface area contributed by atoms with Crippen molar-refractivity contribution in [1.82, 2.24) is 9.78 Å². The highest BCUT2D eigenvalue weighted by atomic mass is 16.5. The Morgan fingerprint density at radius 1 is 1.35 bits per heavy atom. The molecule has 0 radical (unpaired) electrons. The van der Waals surface area contributed by atoms with Gasteiger partial charge in [0.05, 0.1) is 12.2 Å². The predicted octanol–water partition coefficient (Wildman–Crippen LogP) is 2.02. The van der Waals surface area contributed by atoms with E-state index in [4.69, 9.17) is 10.5 Å². The van der Waals surface area contributed by atoms with Gasteiger partial charge in [0, 0.05) is 31.0 Å². The maximum Gasteiger partial charge on any atom is 0.338 e. The molecule has 1 aromatic carbocycles. The second-order valence-electron chi connectivity index (χ2n) is 4.86. The molecule has 106 valence electrons. The van der Waals surface area contributed by atoms with Gasteiger partial charge in [0.2, 0.25) is 0 Å².